The number of hydrogen-bond acceptors (Lipinski definition) is 3. The Morgan fingerprint density at radius 3 is 2.62 bits per heavy atom. The molecule has 0 spiro atoms. The van der Waals surface area contributed by atoms with E-state index in [-0.39, 0.29) is 11.1 Å². The number of carbonyl (C=O) groups excluding carboxylic acids is 1. The molecule has 0 aliphatic rings. The predicted octanol–water partition coefficient (Wildman–Crippen LogP) is 1.78. The van der Waals surface area contributed by atoms with Gasteiger partial charge in [0.05, 0.1) is 0 Å². The third-order valence-electron chi connectivity index (χ3n) is 4.01. The number of H-pyrrole nitrogens is 1. The number of benzene rings is 1. The van der Waals surface area contributed by atoms with E-state index < -0.39 is 11.4 Å². The topological polar surface area (TPSA) is 88.0 Å². The van der Waals surface area contributed by atoms with Crippen LogP contribution in [-0.2, 0) is 0 Å². The Kier molecular flexibility index (Phi) is 4.43. The second-order valence-corrected chi connectivity index (χ2v) is 5.35. The molecule has 1 aromatic carbocycles. The average Bonchev–Trinajstić information content (AvgIpc) is 2.51. The van der Waals surface area contributed by atoms with Crippen molar-refractivity contribution in [1.29, 1.82) is 0 Å². The summed E-state index contributed by atoms with van der Waals surface area (Å²) < 4.78 is 0. The van der Waals surface area contributed by atoms with Gasteiger partial charge in [0, 0.05) is 17.6 Å². The molecule has 2 rings (SSSR count). The van der Waals surface area contributed by atoms with Crippen LogP contribution >= 0.6 is 0 Å². The van der Waals surface area contributed by atoms with Gasteiger partial charge in [0.15, 0.2) is 0 Å². The van der Waals surface area contributed by atoms with E-state index >= 15 is 0 Å². The monoisotopic (exact) mass is 287 g/mol. The van der Waals surface area contributed by atoms with Gasteiger partial charge in [-0.05, 0) is 30.4 Å². The van der Waals surface area contributed by atoms with Gasteiger partial charge in [0.2, 0.25) is 0 Å². The van der Waals surface area contributed by atoms with Crippen LogP contribution in [0.3, 0.4) is 0 Å². The summed E-state index contributed by atoms with van der Waals surface area (Å²) in [5.74, 6) is -0.390. The molecule has 0 saturated heterocycles. The van der Waals surface area contributed by atoms with Crippen LogP contribution in [0.15, 0.2) is 35.1 Å². The summed E-state index contributed by atoms with van der Waals surface area (Å²) in [6.07, 6.45) is 1.52. The zero-order chi connectivity index (χ0) is 15.5. The summed E-state index contributed by atoms with van der Waals surface area (Å²) in [6.45, 7) is 4.32. The quantitative estimate of drug-likeness (QED) is 0.783. The number of nitrogens with one attached hydrogen (secondary N) is 2. The van der Waals surface area contributed by atoms with Crippen molar-refractivity contribution in [2.75, 3.05) is 6.54 Å². The van der Waals surface area contributed by atoms with Crippen LogP contribution in [0.25, 0.3) is 10.9 Å². The van der Waals surface area contributed by atoms with Crippen LogP contribution in [0.2, 0.25) is 0 Å². The van der Waals surface area contributed by atoms with Crippen molar-refractivity contribution in [3.8, 4) is 0 Å². The predicted molar refractivity (Wildman–Crippen MR) is 84.4 cm³/mol. The number of pyridine rings is 1. The maximum absolute atomic E-state index is 12.2. The van der Waals surface area contributed by atoms with Gasteiger partial charge in [-0.2, -0.15) is 0 Å². The summed E-state index contributed by atoms with van der Waals surface area (Å²) in [4.78, 5) is 26.9. The van der Waals surface area contributed by atoms with Crippen LogP contribution in [0.1, 0.15) is 37.0 Å². The molecule has 0 aliphatic heterocycles. The summed E-state index contributed by atoms with van der Waals surface area (Å²) in [5, 5.41) is 3.59. The van der Waals surface area contributed by atoms with Gasteiger partial charge in [-0.1, -0.05) is 32.0 Å². The summed E-state index contributed by atoms with van der Waals surface area (Å²) >= 11 is 0. The van der Waals surface area contributed by atoms with Gasteiger partial charge in [-0.25, -0.2) is 0 Å². The second kappa shape index (κ2) is 6.10. The van der Waals surface area contributed by atoms with Crippen molar-refractivity contribution in [2.45, 2.75) is 32.2 Å². The molecule has 1 heterocycles. The molecule has 1 amide bonds. The molecule has 2 aromatic rings. The number of rotatable bonds is 5. The van der Waals surface area contributed by atoms with Gasteiger partial charge >= 0.3 is 0 Å². The van der Waals surface area contributed by atoms with E-state index in [9.17, 15) is 9.59 Å². The number of para-hydroxylation sites is 1. The molecule has 4 N–H and O–H groups in total. The van der Waals surface area contributed by atoms with Crippen molar-refractivity contribution in [3.05, 3.63) is 46.2 Å². The highest BCUT2D eigenvalue weighted by molar-refractivity contribution is 5.97. The Balaban J connectivity index is 2.23. The Morgan fingerprint density at radius 1 is 1.29 bits per heavy atom. The number of amides is 1. The average molecular weight is 287 g/mol. The van der Waals surface area contributed by atoms with Crippen molar-refractivity contribution in [2.24, 2.45) is 5.73 Å². The van der Waals surface area contributed by atoms with Crippen LogP contribution < -0.4 is 16.6 Å². The fourth-order valence-corrected chi connectivity index (χ4v) is 2.17. The Hall–Kier alpha value is -2.14. The Labute approximate surface area is 123 Å². The van der Waals surface area contributed by atoms with Crippen molar-refractivity contribution < 1.29 is 4.79 Å². The molecule has 0 radical (unpaired) electrons. The zero-order valence-electron chi connectivity index (χ0n) is 12.4. The van der Waals surface area contributed by atoms with E-state index in [0.29, 0.717) is 12.1 Å². The highest BCUT2D eigenvalue weighted by Crippen LogP contribution is 2.11. The normalized spacial score (nSPS) is 11.6. The molecule has 0 aliphatic carbocycles. The lowest BCUT2D eigenvalue weighted by atomic mass is 9.94. The minimum absolute atomic E-state index is 0.114. The van der Waals surface area contributed by atoms with Gasteiger partial charge in [0.25, 0.3) is 11.5 Å². The maximum atomic E-state index is 12.2. The van der Waals surface area contributed by atoms with Gasteiger partial charge < -0.3 is 16.0 Å². The fourth-order valence-electron chi connectivity index (χ4n) is 2.17. The second-order valence-electron chi connectivity index (χ2n) is 5.35. The largest absolute Gasteiger partial charge is 0.350 e. The minimum Gasteiger partial charge on any atom is -0.350 e. The summed E-state index contributed by atoms with van der Waals surface area (Å²) in [5.41, 5.74) is 6.16. The molecule has 5 heteroatoms. The molecule has 5 nitrogen and oxygen atoms in total. The molecule has 0 fully saturated rings. The van der Waals surface area contributed by atoms with Crippen molar-refractivity contribution in [1.82, 2.24) is 10.3 Å². The first kappa shape index (κ1) is 15.3. The molecule has 1 aromatic heterocycles. The Bertz CT molecular complexity index is 702. The van der Waals surface area contributed by atoms with Crippen LogP contribution in [0.5, 0.6) is 0 Å². The first-order valence-corrected chi connectivity index (χ1v) is 7.18. The highest BCUT2D eigenvalue weighted by atomic mass is 16.2. The zero-order valence-corrected chi connectivity index (χ0v) is 12.4. The van der Waals surface area contributed by atoms with Crippen LogP contribution in [0, 0.1) is 0 Å². The molecule has 0 saturated carbocycles. The SMILES string of the molecule is CCC(N)(CC)CNC(=O)c1cc2ccccc2[nH]c1=O. The van der Waals surface area contributed by atoms with E-state index in [1.165, 1.54) is 0 Å². The first-order chi connectivity index (χ1) is 9.99. The molecular formula is C16H21N3O2. The van der Waals surface area contributed by atoms with Gasteiger partial charge in [-0.3, -0.25) is 9.59 Å². The van der Waals surface area contributed by atoms with Crippen LogP contribution in [-0.4, -0.2) is 23.0 Å². The van der Waals surface area contributed by atoms with Crippen molar-refractivity contribution >= 4 is 16.8 Å². The van der Waals surface area contributed by atoms with Crippen LogP contribution in [0.4, 0.5) is 0 Å². The number of aromatic nitrogens is 1. The number of nitrogens with two attached hydrogens (primary N) is 1. The molecule has 112 valence electrons. The number of carbonyl (C=O) groups is 1. The third-order valence-corrected chi connectivity index (χ3v) is 4.01. The highest BCUT2D eigenvalue weighted by Gasteiger charge is 2.22. The van der Waals surface area contributed by atoms with E-state index in [1.807, 2.05) is 32.0 Å². The number of fused-ring (bicyclic) bond motifs is 1. The number of hydrogen-bond donors (Lipinski definition) is 3. The molecule has 0 unspecified atom stereocenters. The standard InChI is InChI=1S/C16H21N3O2/c1-3-16(17,4-2)10-18-14(20)12-9-11-7-5-6-8-13(11)19-15(12)21/h5-9H,3-4,10,17H2,1-2H3,(H,18,20)(H,19,21). The maximum Gasteiger partial charge on any atom is 0.261 e. The van der Waals surface area contributed by atoms with E-state index in [1.54, 1.807) is 12.1 Å². The third kappa shape index (κ3) is 3.31. The molecule has 21 heavy (non-hydrogen) atoms. The minimum atomic E-state index is -0.431. The molecule has 0 atom stereocenters. The van der Waals surface area contributed by atoms with Gasteiger partial charge in [-0.15, -0.1) is 0 Å². The molecule has 0 bridgehead atoms. The van der Waals surface area contributed by atoms with Gasteiger partial charge in [0.1, 0.15) is 5.56 Å². The summed E-state index contributed by atoms with van der Waals surface area (Å²) in [6, 6.07) is 8.97. The first-order valence-electron chi connectivity index (χ1n) is 7.18. The summed E-state index contributed by atoms with van der Waals surface area (Å²) in [7, 11) is 0. The smallest absolute Gasteiger partial charge is 0.261 e. The number of aromatic amines is 1. The van der Waals surface area contributed by atoms with E-state index in [0.717, 1.165) is 18.2 Å². The lowest BCUT2D eigenvalue weighted by Gasteiger charge is -2.26. The fraction of sp³-hybridized carbons (Fsp3) is 0.375. The van der Waals surface area contributed by atoms with Crippen molar-refractivity contribution in [3.63, 3.8) is 0 Å². The lowest BCUT2D eigenvalue weighted by molar-refractivity contribution is 0.0941. The van der Waals surface area contributed by atoms with E-state index in [2.05, 4.69) is 10.3 Å². The Morgan fingerprint density at radius 2 is 1.95 bits per heavy atom. The molecular weight excluding hydrogens is 266 g/mol. The van der Waals surface area contributed by atoms with E-state index in [4.69, 9.17) is 5.73 Å². The lowest BCUT2D eigenvalue weighted by Crippen LogP contribution is -2.49.